The first-order valence-corrected chi connectivity index (χ1v) is 6.84. The van der Waals surface area contributed by atoms with E-state index in [0.717, 1.165) is 0 Å². The summed E-state index contributed by atoms with van der Waals surface area (Å²) in [6, 6.07) is 9.65. The molecule has 1 atom stereocenters. The highest BCUT2D eigenvalue weighted by molar-refractivity contribution is 7.84. The van der Waals surface area contributed by atoms with Crippen LogP contribution >= 0.6 is 11.6 Å². The summed E-state index contributed by atoms with van der Waals surface area (Å²) in [6.07, 6.45) is 0. The van der Waals surface area contributed by atoms with Gasteiger partial charge in [-0.15, -0.1) is 0 Å². The molecule has 0 spiro atoms. The van der Waals surface area contributed by atoms with Gasteiger partial charge < -0.3 is 0 Å². The average molecular weight is 287 g/mol. The second kappa shape index (κ2) is 5.59. The summed E-state index contributed by atoms with van der Waals surface area (Å²) in [5, 5.41) is 0.285. The molecule has 0 fully saturated rings. The van der Waals surface area contributed by atoms with Crippen LogP contribution in [0, 0.1) is 11.6 Å². The SMILES string of the molecule is O=S(Cc1ccc(Cl)cc1F)c1cccc(F)c1. The van der Waals surface area contributed by atoms with E-state index in [1.54, 1.807) is 6.07 Å². The van der Waals surface area contributed by atoms with Crippen molar-refractivity contribution < 1.29 is 13.0 Å². The molecule has 0 aliphatic rings. The van der Waals surface area contributed by atoms with E-state index in [1.807, 2.05) is 0 Å². The van der Waals surface area contributed by atoms with Crippen LogP contribution in [-0.4, -0.2) is 4.21 Å². The molecule has 0 saturated carbocycles. The second-order valence-corrected chi connectivity index (χ2v) is 5.57. The van der Waals surface area contributed by atoms with Crippen LogP contribution < -0.4 is 0 Å². The Morgan fingerprint density at radius 1 is 1.11 bits per heavy atom. The lowest BCUT2D eigenvalue weighted by Crippen LogP contribution is -1.99. The summed E-state index contributed by atoms with van der Waals surface area (Å²) in [5.41, 5.74) is 0.294. The summed E-state index contributed by atoms with van der Waals surface area (Å²) in [6.45, 7) is 0. The fraction of sp³-hybridized carbons (Fsp3) is 0.0769. The monoisotopic (exact) mass is 286 g/mol. The van der Waals surface area contributed by atoms with Gasteiger partial charge in [0, 0.05) is 15.5 Å². The minimum absolute atomic E-state index is 0.00748. The van der Waals surface area contributed by atoms with E-state index < -0.39 is 22.4 Å². The normalized spacial score (nSPS) is 12.4. The average Bonchev–Trinajstić information content (AvgIpc) is 2.32. The Kier molecular flexibility index (Phi) is 4.09. The summed E-state index contributed by atoms with van der Waals surface area (Å²) < 4.78 is 38.4. The molecular weight excluding hydrogens is 278 g/mol. The van der Waals surface area contributed by atoms with Crippen molar-refractivity contribution in [3.8, 4) is 0 Å². The van der Waals surface area contributed by atoms with Crippen LogP contribution in [0.2, 0.25) is 5.02 Å². The van der Waals surface area contributed by atoms with Crippen molar-refractivity contribution in [2.45, 2.75) is 10.6 Å². The molecule has 0 saturated heterocycles. The van der Waals surface area contributed by atoms with Crippen molar-refractivity contribution in [2.75, 3.05) is 0 Å². The van der Waals surface area contributed by atoms with Crippen molar-refractivity contribution in [3.05, 3.63) is 64.7 Å². The van der Waals surface area contributed by atoms with Crippen molar-refractivity contribution in [3.63, 3.8) is 0 Å². The lowest BCUT2D eigenvalue weighted by molar-refractivity contribution is 0.614. The Labute approximate surface area is 111 Å². The van der Waals surface area contributed by atoms with Crippen molar-refractivity contribution >= 4 is 22.4 Å². The number of halogens is 3. The van der Waals surface area contributed by atoms with Crippen LogP contribution in [0.5, 0.6) is 0 Å². The lowest BCUT2D eigenvalue weighted by Gasteiger charge is -2.04. The van der Waals surface area contributed by atoms with E-state index in [9.17, 15) is 13.0 Å². The summed E-state index contributed by atoms with van der Waals surface area (Å²) >= 11 is 5.63. The third kappa shape index (κ3) is 3.15. The molecule has 18 heavy (non-hydrogen) atoms. The van der Waals surface area contributed by atoms with Crippen molar-refractivity contribution in [1.82, 2.24) is 0 Å². The Hall–Kier alpha value is -1.26. The molecule has 5 heteroatoms. The molecule has 2 aromatic carbocycles. The van der Waals surface area contributed by atoms with Crippen LogP contribution in [0.15, 0.2) is 47.4 Å². The zero-order valence-electron chi connectivity index (χ0n) is 9.20. The molecule has 0 bridgehead atoms. The minimum Gasteiger partial charge on any atom is -0.254 e. The van der Waals surface area contributed by atoms with Gasteiger partial charge in [0.05, 0.1) is 16.6 Å². The van der Waals surface area contributed by atoms with E-state index in [0.29, 0.717) is 10.5 Å². The molecule has 0 aromatic heterocycles. The molecule has 0 aliphatic heterocycles. The zero-order chi connectivity index (χ0) is 13.1. The highest BCUT2D eigenvalue weighted by Crippen LogP contribution is 2.19. The summed E-state index contributed by atoms with van der Waals surface area (Å²) in [7, 11) is -1.48. The highest BCUT2D eigenvalue weighted by atomic mass is 35.5. The molecule has 0 radical (unpaired) electrons. The first-order valence-electron chi connectivity index (χ1n) is 5.14. The van der Waals surface area contributed by atoms with Crippen molar-refractivity contribution in [2.24, 2.45) is 0 Å². The third-order valence-corrected chi connectivity index (χ3v) is 3.95. The lowest BCUT2D eigenvalue weighted by atomic mass is 10.2. The Morgan fingerprint density at radius 3 is 2.56 bits per heavy atom. The molecule has 94 valence electrons. The van der Waals surface area contributed by atoms with Gasteiger partial charge in [-0.05, 0) is 30.3 Å². The van der Waals surface area contributed by atoms with Crippen LogP contribution in [0.3, 0.4) is 0 Å². The van der Waals surface area contributed by atoms with E-state index in [4.69, 9.17) is 11.6 Å². The first-order chi connectivity index (χ1) is 8.56. The maximum absolute atomic E-state index is 13.5. The Bertz CT molecular complexity index is 601. The molecule has 1 nitrogen and oxygen atoms in total. The highest BCUT2D eigenvalue weighted by Gasteiger charge is 2.10. The topological polar surface area (TPSA) is 17.1 Å². The number of benzene rings is 2. The van der Waals surface area contributed by atoms with Gasteiger partial charge in [0.1, 0.15) is 11.6 Å². The quantitative estimate of drug-likeness (QED) is 0.836. The molecule has 0 amide bonds. The van der Waals surface area contributed by atoms with E-state index in [2.05, 4.69) is 0 Å². The smallest absolute Gasteiger partial charge is 0.128 e. The fourth-order valence-electron chi connectivity index (χ4n) is 1.47. The summed E-state index contributed by atoms with van der Waals surface area (Å²) in [5.74, 6) is -0.975. The van der Waals surface area contributed by atoms with Crippen molar-refractivity contribution in [1.29, 1.82) is 0 Å². The Morgan fingerprint density at radius 2 is 1.89 bits per heavy atom. The zero-order valence-corrected chi connectivity index (χ0v) is 10.8. The number of rotatable bonds is 3. The van der Waals surface area contributed by atoms with Crippen LogP contribution in [0.25, 0.3) is 0 Å². The van der Waals surface area contributed by atoms with Gasteiger partial charge in [0.2, 0.25) is 0 Å². The van der Waals surface area contributed by atoms with Gasteiger partial charge in [0.15, 0.2) is 0 Å². The predicted molar refractivity (Wildman–Crippen MR) is 67.9 cm³/mol. The number of hydrogen-bond donors (Lipinski definition) is 0. The van der Waals surface area contributed by atoms with Crippen LogP contribution in [0.1, 0.15) is 5.56 Å². The van der Waals surface area contributed by atoms with Gasteiger partial charge in [0.25, 0.3) is 0 Å². The maximum atomic E-state index is 13.5. The van der Waals surface area contributed by atoms with Gasteiger partial charge in [-0.1, -0.05) is 23.7 Å². The predicted octanol–water partition coefficient (Wildman–Crippen LogP) is 3.93. The fourth-order valence-corrected chi connectivity index (χ4v) is 2.79. The first kappa shape index (κ1) is 13.2. The third-order valence-electron chi connectivity index (χ3n) is 2.36. The Balaban J connectivity index is 2.21. The summed E-state index contributed by atoms with van der Waals surface area (Å²) in [4.78, 5) is 0.337. The van der Waals surface area contributed by atoms with Gasteiger partial charge >= 0.3 is 0 Å². The van der Waals surface area contributed by atoms with Gasteiger partial charge in [-0.3, -0.25) is 4.21 Å². The second-order valence-electron chi connectivity index (χ2n) is 3.68. The molecule has 0 aliphatic carbocycles. The minimum atomic E-state index is -1.48. The molecule has 0 N–H and O–H groups in total. The molecule has 1 unspecified atom stereocenters. The van der Waals surface area contributed by atoms with Crippen LogP contribution in [0.4, 0.5) is 8.78 Å². The van der Waals surface area contributed by atoms with E-state index >= 15 is 0 Å². The molecular formula is C13H9ClF2OS. The molecule has 2 aromatic rings. The largest absolute Gasteiger partial charge is 0.254 e. The molecule has 2 rings (SSSR count). The molecule has 0 heterocycles. The van der Waals surface area contributed by atoms with Gasteiger partial charge in [-0.25, -0.2) is 8.78 Å². The number of hydrogen-bond acceptors (Lipinski definition) is 1. The standard InChI is InChI=1S/C13H9ClF2OS/c14-10-5-4-9(13(16)6-10)8-18(17)12-3-1-2-11(15)7-12/h1-7H,8H2. The van der Waals surface area contributed by atoms with E-state index in [1.165, 1.54) is 36.4 Å². The maximum Gasteiger partial charge on any atom is 0.128 e. The van der Waals surface area contributed by atoms with Gasteiger partial charge in [-0.2, -0.15) is 0 Å². The van der Waals surface area contributed by atoms with Crippen LogP contribution in [-0.2, 0) is 16.6 Å². The van der Waals surface area contributed by atoms with E-state index in [-0.39, 0.29) is 10.8 Å².